The van der Waals surface area contributed by atoms with Crippen LogP contribution in [0.2, 0.25) is 5.02 Å². The molecule has 2 unspecified atom stereocenters. The molecule has 0 spiro atoms. The van der Waals surface area contributed by atoms with Crippen molar-refractivity contribution in [3.63, 3.8) is 0 Å². The molecule has 2 atom stereocenters. The van der Waals surface area contributed by atoms with Gasteiger partial charge in [-0.3, -0.25) is 4.79 Å². The molecule has 1 aromatic rings. The van der Waals surface area contributed by atoms with E-state index in [0.29, 0.717) is 23.9 Å². The highest BCUT2D eigenvalue weighted by Crippen LogP contribution is 2.14. The van der Waals surface area contributed by atoms with E-state index in [4.69, 9.17) is 17.3 Å². The fourth-order valence-electron chi connectivity index (χ4n) is 2.08. The van der Waals surface area contributed by atoms with Crippen molar-refractivity contribution in [2.75, 3.05) is 13.6 Å². The summed E-state index contributed by atoms with van der Waals surface area (Å²) in [6, 6.07) is 4.90. The van der Waals surface area contributed by atoms with Gasteiger partial charge in [-0.25, -0.2) is 8.42 Å². The van der Waals surface area contributed by atoms with E-state index < -0.39 is 16.1 Å². The van der Waals surface area contributed by atoms with Crippen molar-refractivity contribution in [1.29, 1.82) is 0 Å². The lowest BCUT2D eigenvalue weighted by Crippen LogP contribution is -2.46. The molecule has 0 aliphatic carbocycles. The van der Waals surface area contributed by atoms with E-state index in [0.717, 1.165) is 0 Å². The molecule has 144 valence electrons. The van der Waals surface area contributed by atoms with Crippen LogP contribution in [0.5, 0.6) is 0 Å². The predicted molar refractivity (Wildman–Crippen MR) is 104 cm³/mol. The van der Waals surface area contributed by atoms with Gasteiger partial charge in [-0.15, -0.1) is 12.4 Å². The fourth-order valence-corrected chi connectivity index (χ4v) is 3.40. The molecule has 6 nitrogen and oxygen atoms in total. The van der Waals surface area contributed by atoms with Gasteiger partial charge in [-0.05, 0) is 43.5 Å². The summed E-state index contributed by atoms with van der Waals surface area (Å²) in [7, 11) is -2.14. The number of sulfonamides is 1. The number of halogens is 2. The first kappa shape index (κ1) is 24.1. The summed E-state index contributed by atoms with van der Waals surface area (Å²) in [6.07, 6.45) is 0.663. The zero-order valence-electron chi connectivity index (χ0n) is 14.9. The fraction of sp³-hybridized carbons (Fsp3) is 0.562. The van der Waals surface area contributed by atoms with Crippen LogP contribution in [0.4, 0.5) is 0 Å². The summed E-state index contributed by atoms with van der Waals surface area (Å²) in [4.78, 5) is 13.9. The Balaban J connectivity index is 0.00000576. The van der Waals surface area contributed by atoms with Crippen molar-refractivity contribution in [2.45, 2.75) is 44.2 Å². The minimum atomic E-state index is -3.78. The van der Waals surface area contributed by atoms with Crippen LogP contribution in [0.3, 0.4) is 0 Å². The van der Waals surface area contributed by atoms with Gasteiger partial charge in [0.05, 0.1) is 10.9 Å². The Hall–Kier alpha value is -0.860. The minimum absolute atomic E-state index is 0. The van der Waals surface area contributed by atoms with Crippen molar-refractivity contribution >= 4 is 39.9 Å². The number of carbonyl (C=O) groups excluding carboxylic acids is 1. The van der Waals surface area contributed by atoms with Crippen molar-refractivity contribution < 1.29 is 13.2 Å². The zero-order chi connectivity index (χ0) is 18.5. The van der Waals surface area contributed by atoms with Gasteiger partial charge in [0, 0.05) is 24.7 Å². The highest BCUT2D eigenvalue weighted by atomic mass is 35.5. The lowest BCUT2D eigenvalue weighted by molar-refractivity contribution is -0.131. The number of amides is 1. The number of nitrogens with zero attached hydrogens (tertiary/aromatic N) is 1. The molecule has 3 N–H and O–H groups in total. The molecule has 9 heteroatoms. The first-order valence-electron chi connectivity index (χ1n) is 7.83. The van der Waals surface area contributed by atoms with Crippen molar-refractivity contribution in [2.24, 2.45) is 11.7 Å². The van der Waals surface area contributed by atoms with Crippen LogP contribution in [-0.2, 0) is 14.8 Å². The van der Waals surface area contributed by atoms with Crippen LogP contribution in [0.1, 0.15) is 27.2 Å². The highest BCUT2D eigenvalue weighted by molar-refractivity contribution is 7.89. The van der Waals surface area contributed by atoms with Gasteiger partial charge < -0.3 is 10.6 Å². The minimum Gasteiger partial charge on any atom is -0.344 e. The number of hydrogen-bond donors (Lipinski definition) is 2. The monoisotopic (exact) mass is 411 g/mol. The standard InChI is InChI=1S/C16H26ClN3O3S.ClH/c1-11(2)15(18)9-10-20(4)16(21)12(3)19-24(22,23)14-7-5-13(17)6-8-14;/h5-8,11-12,15,19H,9-10,18H2,1-4H3;1H. The predicted octanol–water partition coefficient (Wildman–Crippen LogP) is 2.26. The molecule has 0 aliphatic heterocycles. The number of benzene rings is 1. The third-order valence-electron chi connectivity index (χ3n) is 3.86. The third kappa shape index (κ3) is 7.50. The molecule has 0 heterocycles. The SMILES string of the molecule is CC(NS(=O)(=O)c1ccc(Cl)cc1)C(=O)N(C)CCC(N)C(C)C.Cl. The summed E-state index contributed by atoms with van der Waals surface area (Å²) in [5, 5.41) is 0.444. The third-order valence-corrected chi connectivity index (χ3v) is 5.67. The number of nitrogens with two attached hydrogens (primary N) is 1. The topological polar surface area (TPSA) is 92.5 Å². The van der Waals surface area contributed by atoms with Gasteiger partial charge in [0.2, 0.25) is 15.9 Å². The lowest BCUT2D eigenvalue weighted by atomic mass is 10.0. The van der Waals surface area contributed by atoms with Crippen LogP contribution >= 0.6 is 24.0 Å². The number of likely N-dealkylation sites (N-methyl/N-ethyl adjacent to an activating group) is 1. The Labute approximate surface area is 161 Å². The van der Waals surface area contributed by atoms with Crippen LogP contribution < -0.4 is 10.5 Å². The highest BCUT2D eigenvalue weighted by Gasteiger charge is 2.24. The number of rotatable bonds is 8. The van der Waals surface area contributed by atoms with Gasteiger partial charge in [-0.2, -0.15) is 4.72 Å². The first-order valence-corrected chi connectivity index (χ1v) is 9.69. The van der Waals surface area contributed by atoms with E-state index in [1.54, 1.807) is 7.05 Å². The lowest BCUT2D eigenvalue weighted by Gasteiger charge is -2.24. The largest absolute Gasteiger partial charge is 0.344 e. The van der Waals surface area contributed by atoms with Crippen molar-refractivity contribution in [1.82, 2.24) is 9.62 Å². The van der Waals surface area contributed by atoms with Gasteiger partial charge in [0.25, 0.3) is 0 Å². The Morgan fingerprint density at radius 2 is 1.76 bits per heavy atom. The summed E-state index contributed by atoms with van der Waals surface area (Å²) >= 11 is 5.76. The molecule has 0 radical (unpaired) electrons. The Morgan fingerprint density at radius 1 is 1.24 bits per heavy atom. The number of nitrogens with one attached hydrogen (secondary N) is 1. The van der Waals surface area contributed by atoms with Crippen LogP contribution in [0.15, 0.2) is 29.2 Å². The second-order valence-electron chi connectivity index (χ2n) is 6.25. The van der Waals surface area contributed by atoms with E-state index in [1.165, 1.54) is 36.1 Å². The Kier molecular flexibility index (Phi) is 9.97. The first-order chi connectivity index (χ1) is 11.0. The smallest absolute Gasteiger partial charge is 0.241 e. The average molecular weight is 412 g/mol. The molecule has 1 rings (SSSR count). The molecule has 0 aromatic heterocycles. The molecule has 0 saturated carbocycles. The zero-order valence-corrected chi connectivity index (χ0v) is 17.3. The van der Waals surface area contributed by atoms with Crippen molar-refractivity contribution in [3.8, 4) is 0 Å². The second-order valence-corrected chi connectivity index (χ2v) is 8.40. The van der Waals surface area contributed by atoms with Crippen LogP contribution in [-0.4, -0.2) is 44.9 Å². The molecule has 0 saturated heterocycles. The maximum Gasteiger partial charge on any atom is 0.241 e. The Bertz CT molecular complexity index is 651. The molecule has 25 heavy (non-hydrogen) atoms. The molecular formula is C16H27Cl2N3O3S. The normalized spacial score (nSPS) is 13.9. The summed E-state index contributed by atoms with van der Waals surface area (Å²) in [5.74, 6) is 0.0258. The Morgan fingerprint density at radius 3 is 2.24 bits per heavy atom. The summed E-state index contributed by atoms with van der Waals surface area (Å²) < 4.78 is 27.0. The molecular weight excluding hydrogens is 385 g/mol. The van der Waals surface area contributed by atoms with E-state index >= 15 is 0 Å². The van der Waals surface area contributed by atoms with E-state index in [2.05, 4.69) is 4.72 Å². The molecule has 0 fully saturated rings. The molecule has 0 aliphatic rings. The van der Waals surface area contributed by atoms with Gasteiger partial charge in [-0.1, -0.05) is 25.4 Å². The molecule has 1 aromatic carbocycles. The summed E-state index contributed by atoms with van der Waals surface area (Å²) in [6.45, 7) is 6.05. The van der Waals surface area contributed by atoms with E-state index in [-0.39, 0.29) is 29.3 Å². The molecule has 1 amide bonds. The quantitative estimate of drug-likeness (QED) is 0.685. The maximum absolute atomic E-state index is 12.3. The number of carbonyl (C=O) groups is 1. The van der Waals surface area contributed by atoms with Gasteiger partial charge in [0.1, 0.15) is 0 Å². The summed E-state index contributed by atoms with van der Waals surface area (Å²) in [5.41, 5.74) is 5.97. The van der Waals surface area contributed by atoms with Gasteiger partial charge >= 0.3 is 0 Å². The van der Waals surface area contributed by atoms with Crippen LogP contribution in [0, 0.1) is 5.92 Å². The average Bonchev–Trinajstić information content (AvgIpc) is 2.51. The van der Waals surface area contributed by atoms with E-state index in [1.807, 2.05) is 13.8 Å². The van der Waals surface area contributed by atoms with Crippen molar-refractivity contribution in [3.05, 3.63) is 29.3 Å². The maximum atomic E-state index is 12.3. The second kappa shape index (κ2) is 10.3. The number of hydrogen-bond acceptors (Lipinski definition) is 4. The molecule has 0 bridgehead atoms. The van der Waals surface area contributed by atoms with Crippen LogP contribution in [0.25, 0.3) is 0 Å². The van der Waals surface area contributed by atoms with E-state index in [9.17, 15) is 13.2 Å². The van der Waals surface area contributed by atoms with Gasteiger partial charge in [0.15, 0.2) is 0 Å².